The monoisotopic (exact) mass is 278 g/mol. The lowest BCUT2D eigenvalue weighted by atomic mass is 10.0. The van der Waals surface area contributed by atoms with Crippen LogP contribution in [-0.4, -0.2) is 11.1 Å². The highest BCUT2D eigenvalue weighted by molar-refractivity contribution is 5.83. The molecule has 0 aliphatic heterocycles. The van der Waals surface area contributed by atoms with Crippen LogP contribution >= 0.6 is 0 Å². The summed E-state index contributed by atoms with van der Waals surface area (Å²) in [4.78, 5) is 0. The molecule has 2 aromatic carbocycles. The van der Waals surface area contributed by atoms with Gasteiger partial charge in [-0.25, -0.2) is 0 Å². The second kappa shape index (κ2) is 6.15. The summed E-state index contributed by atoms with van der Waals surface area (Å²) in [5, 5.41) is 4.94. The fourth-order valence-corrected chi connectivity index (χ4v) is 2.89. The molecule has 21 heavy (non-hydrogen) atoms. The van der Waals surface area contributed by atoms with Gasteiger partial charge < -0.3 is 9.88 Å². The third-order valence-electron chi connectivity index (χ3n) is 4.11. The van der Waals surface area contributed by atoms with E-state index >= 15 is 0 Å². The van der Waals surface area contributed by atoms with Gasteiger partial charge in [-0.2, -0.15) is 0 Å². The van der Waals surface area contributed by atoms with E-state index < -0.39 is 0 Å². The standard InChI is InChI=1S/C19H22N2/c1-15(16-8-4-3-5-9-16)12-20-13-17-14-21(2)19-11-7-6-10-18(17)19/h3-11,14-15,20H,12-13H2,1-2H3. The summed E-state index contributed by atoms with van der Waals surface area (Å²) in [6.45, 7) is 4.18. The first-order chi connectivity index (χ1) is 10.3. The maximum absolute atomic E-state index is 3.59. The highest BCUT2D eigenvalue weighted by atomic mass is 14.9. The number of rotatable bonds is 5. The van der Waals surface area contributed by atoms with E-state index in [0.717, 1.165) is 13.1 Å². The zero-order valence-corrected chi connectivity index (χ0v) is 12.7. The quantitative estimate of drug-likeness (QED) is 0.744. The fourth-order valence-electron chi connectivity index (χ4n) is 2.89. The van der Waals surface area contributed by atoms with Crippen molar-refractivity contribution in [3.63, 3.8) is 0 Å². The lowest BCUT2D eigenvalue weighted by molar-refractivity contribution is 0.616. The lowest BCUT2D eigenvalue weighted by Gasteiger charge is -2.12. The van der Waals surface area contributed by atoms with E-state index in [1.807, 2.05) is 0 Å². The minimum Gasteiger partial charge on any atom is -0.350 e. The van der Waals surface area contributed by atoms with E-state index in [0.29, 0.717) is 5.92 Å². The predicted octanol–water partition coefficient (Wildman–Crippen LogP) is 4.07. The van der Waals surface area contributed by atoms with Crippen LogP contribution in [0.15, 0.2) is 60.8 Å². The van der Waals surface area contributed by atoms with E-state index in [1.54, 1.807) is 0 Å². The summed E-state index contributed by atoms with van der Waals surface area (Å²) in [6, 6.07) is 19.3. The Morgan fingerprint density at radius 1 is 1.00 bits per heavy atom. The van der Waals surface area contributed by atoms with Crippen LogP contribution in [0.2, 0.25) is 0 Å². The molecule has 1 unspecified atom stereocenters. The molecule has 0 fully saturated rings. The van der Waals surface area contributed by atoms with Crippen molar-refractivity contribution in [2.45, 2.75) is 19.4 Å². The number of hydrogen-bond donors (Lipinski definition) is 1. The van der Waals surface area contributed by atoms with E-state index in [-0.39, 0.29) is 0 Å². The zero-order chi connectivity index (χ0) is 14.7. The molecule has 1 aromatic heterocycles. The smallest absolute Gasteiger partial charge is 0.0481 e. The van der Waals surface area contributed by atoms with Crippen LogP contribution in [0.5, 0.6) is 0 Å². The minimum atomic E-state index is 0.529. The average Bonchev–Trinajstić information content (AvgIpc) is 2.85. The van der Waals surface area contributed by atoms with Crippen molar-refractivity contribution in [3.05, 3.63) is 71.9 Å². The van der Waals surface area contributed by atoms with Gasteiger partial charge in [0.2, 0.25) is 0 Å². The molecule has 0 bridgehead atoms. The van der Waals surface area contributed by atoms with Gasteiger partial charge in [0.15, 0.2) is 0 Å². The van der Waals surface area contributed by atoms with Gasteiger partial charge in [-0.3, -0.25) is 0 Å². The van der Waals surface area contributed by atoms with Crippen LogP contribution in [0.3, 0.4) is 0 Å². The second-order valence-corrected chi connectivity index (χ2v) is 5.73. The van der Waals surface area contributed by atoms with Crippen molar-refractivity contribution in [3.8, 4) is 0 Å². The third-order valence-corrected chi connectivity index (χ3v) is 4.11. The second-order valence-electron chi connectivity index (χ2n) is 5.73. The van der Waals surface area contributed by atoms with Crippen molar-refractivity contribution >= 4 is 10.9 Å². The summed E-state index contributed by atoms with van der Waals surface area (Å²) in [5.74, 6) is 0.529. The van der Waals surface area contributed by atoms with Crippen molar-refractivity contribution in [1.29, 1.82) is 0 Å². The molecule has 3 rings (SSSR count). The SMILES string of the molecule is CC(CNCc1cn(C)c2ccccc12)c1ccccc1. The molecular formula is C19H22N2. The number of para-hydroxylation sites is 1. The van der Waals surface area contributed by atoms with Crippen molar-refractivity contribution < 1.29 is 0 Å². The molecule has 1 N–H and O–H groups in total. The van der Waals surface area contributed by atoms with Crippen LogP contribution < -0.4 is 5.32 Å². The molecule has 1 heterocycles. The van der Waals surface area contributed by atoms with Crippen LogP contribution in [0.1, 0.15) is 24.0 Å². The Morgan fingerprint density at radius 2 is 1.71 bits per heavy atom. The highest BCUT2D eigenvalue weighted by Gasteiger charge is 2.07. The van der Waals surface area contributed by atoms with Gasteiger partial charge in [0, 0.05) is 37.2 Å². The Hall–Kier alpha value is -2.06. The first-order valence-corrected chi connectivity index (χ1v) is 7.54. The number of benzene rings is 2. The Labute approximate surface area is 126 Å². The Kier molecular flexibility index (Phi) is 4.07. The van der Waals surface area contributed by atoms with Gasteiger partial charge in [0.05, 0.1) is 0 Å². The Balaban J connectivity index is 1.65. The topological polar surface area (TPSA) is 17.0 Å². The third kappa shape index (κ3) is 3.01. The van der Waals surface area contributed by atoms with Gasteiger partial charge in [0.1, 0.15) is 0 Å². The maximum Gasteiger partial charge on any atom is 0.0481 e. The van der Waals surface area contributed by atoms with Gasteiger partial charge in [0.25, 0.3) is 0 Å². The van der Waals surface area contributed by atoms with Crippen LogP contribution in [0.25, 0.3) is 10.9 Å². The molecular weight excluding hydrogens is 256 g/mol. The highest BCUT2D eigenvalue weighted by Crippen LogP contribution is 2.20. The van der Waals surface area contributed by atoms with Crippen LogP contribution in [-0.2, 0) is 13.6 Å². The average molecular weight is 278 g/mol. The molecule has 2 heteroatoms. The maximum atomic E-state index is 3.59. The summed E-state index contributed by atoms with van der Waals surface area (Å²) >= 11 is 0. The van der Waals surface area contributed by atoms with Gasteiger partial charge >= 0.3 is 0 Å². The lowest BCUT2D eigenvalue weighted by Crippen LogP contribution is -2.19. The molecule has 3 aromatic rings. The Morgan fingerprint density at radius 3 is 2.52 bits per heavy atom. The molecule has 0 aliphatic carbocycles. The van der Waals surface area contributed by atoms with E-state index in [2.05, 4.69) is 84.6 Å². The molecule has 108 valence electrons. The number of fused-ring (bicyclic) bond motifs is 1. The van der Waals surface area contributed by atoms with Gasteiger partial charge in [-0.05, 0) is 23.1 Å². The first-order valence-electron chi connectivity index (χ1n) is 7.54. The molecule has 1 atom stereocenters. The molecule has 0 spiro atoms. The zero-order valence-electron chi connectivity index (χ0n) is 12.7. The predicted molar refractivity (Wildman–Crippen MR) is 89.5 cm³/mol. The van der Waals surface area contributed by atoms with E-state index in [4.69, 9.17) is 0 Å². The van der Waals surface area contributed by atoms with Crippen molar-refractivity contribution in [2.75, 3.05) is 6.54 Å². The molecule has 0 aliphatic rings. The number of hydrogen-bond acceptors (Lipinski definition) is 1. The molecule has 0 saturated carbocycles. The summed E-state index contributed by atoms with van der Waals surface area (Å²) < 4.78 is 2.20. The van der Waals surface area contributed by atoms with Crippen LogP contribution in [0, 0.1) is 0 Å². The number of nitrogens with one attached hydrogen (secondary N) is 1. The van der Waals surface area contributed by atoms with Crippen LogP contribution in [0.4, 0.5) is 0 Å². The van der Waals surface area contributed by atoms with Crippen molar-refractivity contribution in [1.82, 2.24) is 9.88 Å². The minimum absolute atomic E-state index is 0.529. The van der Waals surface area contributed by atoms with E-state index in [1.165, 1.54) is 22.0 Å². The van der Waals surface area contributed by atoms with Crippen molar-refractivity contribution in [2.24, 2.45) is 7.05 Å². The summed E-state index contributed by atoms with van der Waals surface area (Å²) in [5.41, 5.74) is 4.06. The number of nitrogens with zero attached hydrogens (tertiary/aromatic N) is 1. The summed E-state index contributed by atoms with van der Waals surface area (Å²) in [7, 11) is 2.11. The molecule has 0 saturated heterocycles. The normalized spacial score (nSPS) is 12.7. The molecule has 2 nitrogen and oxygen atoms in total. The summed E-state index contributed by atoms with van der Waals surface area (Å²) in [6.07, 6.45) is 2.23. The number of aromatic nitrogens is 1. The van der Waals surface area contributed by atoms with Gasteiger partial charge in [-0.15, -0.1) is 0 Å². The number of aryl methyl sites for hydroxylation is 1. The van der Waals surface area contributed by atoms with E-state index in [9.17, 15) is 0 Å². The fraction of sp³-hybridized carbons (Fsp3) is 0.263. The Bertz CT molecular complexity index is 713. The molecule has 0 amide bonds. The largest absolute Gasteiger partial charge is 0.350 e. The van der Waals surface area contributed by atoms with Gasteiger partial charge in [-0.1, -0.05) is 55.5 Å². The first kappa shape index (κ1) is 13.9. The molecule has 0 radical (unpaired) electrons.